The van der Waals surface area contributed by atoms with Crippen LogP contribution in [-0.2, 0) is 16.1 Å². The molecule has 0 atom stereocenters. The van der Waals surface area contributed by atoms with Gasteiger partial charge in [-0.3, -0.25) is 4.79 Å². The average molecular weight is 320 g/mol. The first-order valence-electron chi connectivity index (χ1n) is 7.61. The van der Waals surface area contributed by atoms with Gasteiger partial charge in [0.15, 0.2) is 12.6 Å². The molecule has 1 saturated heterocycles. The molecule has 0 bridgehead atoms. The monoisotopic (exact) mass is 320 g/mol. The van der Waals surface area contributed by atoms with E-state index in [1.54, 1.807) is 14.1 Å². The summed E-state index contributed by atoms with van der Waals surface area (Å²) >= 11 is 0. The van der Waals surface area contributed by atoms with Gasteiger partial charge in [0, 0.05) is 27.2 Å². The van der Waals surface area contributed by atoms with Gasteiger partial charge in [-0.1, -0.05) is 12.1 Å². The second-order valence-corrected chi connectivity index (χ2v) is 5.50. The van der Waals surface area contributed by atoms with Crippen LogP contribution in [0, 0.1) is 0 Å². The van der Waals surface area contributed by atoms with E-state index < -0.39 is 0 Å². The second kappa shape index (κ2) is 8.38. The molecule has 2 N–H and O–H groups in total. The zero-order valence-electron chi connectivity index (χ0n) is 13.7. The van der Waals surface area contributed by atoms with E-state index in [1.807, 2.05) is 29.2 Å². The first kappa shape index (κ1) is 17.1. The quantitative estimate of drug-likeness (QED) is 0.623. The lowest BCUT2D eigenvalue weighted by atomic mass is 10.2. The third-order valence-electron chi connectivity index (χ3n) is 3.52. The Labute approximate surface area is 136 Å². The highest BCUT2D eigenvalue weighted by Gasteiger charge is 2.12. The van der Waals surface area contributed by atoms with Crippen molar-refractivity contribution >= 4 is 11.9 Å². The number of ether oxygens (including phenoxy) is 2. The van der Waals surface area contributed by atoms with Gasteiger partial charge in [-0.05, 0) is 17.7 Å². The minimum absolute atomic E-state index is 0.0235. The number of benzene rings is 1. The normalized spacial score (nSPS) is 15.4. The number of amides is 1. The molecule has 0 radical (unpaired) electrons. The highest BCUT2D eigenvalue weighted by molar-refractivity contribution is 5.78. The largest absolute Gasteiger partial charge is 0.484 e. The first-order chi connectivity index (χ1) is 11.1. The molecule has 7 nitrogen and oxygen atoms in total. The van der Waals surface area contributed by atoms with Crippen molar-refractivity contribution in [3.05, 3.63) is 29.8 Å². The summed E-state index contributed by atoms with van der Waals surface area (Å²) < 4.78 is 10.8. The van der Waals surface area contributed by atoms with Crippen molar-refractivity contribution in [2.45, 2.75) is 6.54 Å². The predicted molar refractivity (Wildman–Crippen MR) is 88.3 cm³/mol. The SMILES string of the molecule is CN(C)C(=O)COc1cccc(CN=C(N)N2CCOCC2)c1. The summed E-state index contributed by atoms with van der Waals surface area (Å²) in [5.41, 5.74) is 6.99. The van der Waals surface area contributed by atoms with Crippen LogP contribution in [0.3, 0.4) is 0 Å². The van der Waals surface area contributed by atoms with Gasteiger partial charge in [0.05, 0.1) is 19.8 Å². The molecule has 126 valence electrons. The highest BCUT2D eigenvalue weighted by Crippen LogP contribution is 2.14. The van der Waals surface area contributed by atoms with Gasteiger partial charge >= 0.3 is 0 Å². The zero-order valence-corrected chi connectivity index (χ0v) is 13.7. The molecule has 23 heavy (non-hydrogen) atoms. The lowest BCUT2D eigenvalue weighted by Gasteiger charge is -2.27. The van der Waals surface area contributed by atoms with Gasteiger partial charge in [-0.15, -0.1) is 0 Å². The summed E-state index contributed by atoms with van der Waals surface area (Å²) in [5, 5.41) is 0. The molecule has 0 unspecified atom stereocenters. The van der Waals surface area contributed by atoms with Gasteiger partial charge in [-0.25, -0.2) is 4.99 Å². The van der Waals surface area contributed by atoms with Crippen LogP contribution in [0.2, 0.25) is 0 Å². The Bertz CT molecular complexity index is 554. The molecule has 0 aliphatic carbocycles. The topological polar surface area (TPSA) is 80.4 Å². The molecule has 1 aromatic rings. The third kappa shape index (κ3) is 5.45. The number of morpholine rings is 1. The predicted octanol–water partition coefficient (Wildman–Crippen LogP) is 0.301. The number of carbonyl (C=O) groups is 1. The van der Waals surface area contributed by atoms with E-state index in [9.17, 15) is 4.79 Å². The minimum Gasteiger partial charge on any atom is -0.484 e. The maximum absolute atomic E-state index is 11.5. The van der Waals surface area contributed by atoms with Crippen LogP contribution in [0.1, 0.15) is 5.56 Å². The van der Waals surface area contributed by atoms with Gasteiger partial charge < -0.3 is 25.0 Å². The molecule has 7 heteroatoms. The Morgan fingerprint density at radius 1 is 1.39 bits per heavy atom. The summed E-state index contributed by atoms with van der Waals surface area (Å²) in [6.07, 6.45) is 0. The van der Waals surface area contributed by atoms with E-state index in [2.05, 4.69) is 4.99 Å². The fourth-order valence-electron chi connectivity index (χ4n) is 2.07. The van der Waals surface area contributed by atoms with Crippen LogP contribution in [-0.4, -0.2) is 68.7 Å². The highest BCUT2D eigenvalue weighted by atomic mass is 16.5. The summed E-state index contributed by atoms with van der Waals surface area (Å²) in [6.45, 7) is 3.40. The molecule has 2 rings (SSSR count). The van der Waals surface area contributed by atoms with Crippen molar-refractivity contribution in [3.8, 4) is 5.75 Å². The van der Waals surface area contributed by atoms with Gasteiger partial charge in [-0.2, -0.15) is 0 Å². The molecule has 1 amide bonds. The van der Waals surface area contributed by atoms with Crippen LogP contribution < -0.4 is 10.5 Å². The third-order valence-corrected chi connectivity index (χ3v) is 3.52. The number of hydrogen-bond donors (Lipinski definition) is 1. The Kier molecular flexibility index (Phi) is 6.22. The number of hydrogen-bond acceptors (Lipinski definition) is 4. The maximum atomic E-state index is 11.5. The summed E-state index contributed by atoms with van der Waals surface area (Å²) in [5.74, 6) is 1.10. The van der Waals surface area contributed by atoms with Crippen LogP contribution in [0.5, 0.6) is 5.75 Å². The van der Waals surface area contributed by atoms with Gasteiger partial charge in [0.25, 0.3) is 5.91 Å². The lowest BCUT2D eigenvalue weighted by molar-refractivity contribution is -0.130. The Hall–Kier alpha value is -2.28. The van der Waals surface area contributed by atoms with Crippen molar-refractivity contribution < 1.29 is 14.3 Å². The van der Waals surface area contributed by atoms with Crippen LogP contribution in [0.25, 0.3) is 0 Å². The molecular weight excluding hydrogens is 296 g/mol. The van der Waals surface area contributed by atoms with E-state index in [-0.39, 0.29) is 12.5 Å². The van der Waals surface area contributed by atoms with Crippen LogP contribution in [0.15, 0.2) is 29.3 Å². The van der Waals surface area contributed by atoms with E-state index in [0.29, 0.717) is 31.5 Å². The van der Waals surface area contributed by atoms with Crippen molar-refractivity contribution in [1.29, 1.82) is 0 Å². The summed E-state index contributed by atoms with van der Waals surface area (Å²) in [7, 11) is 3.40. The van der Waals surface area contributed by atoms with E-state index >= 15 is 0 Å². The molecule has 1 heterocycles. The number of rotatable bonds is 5. The average Bonchev–Trinajstić information content (AvgIpc) is 2.58. The zero-order chi connectivity index (χ0) is 16.7. The number of aliphatic imine (C=N–C) groups is 1. The van der Waals surface area contributed by atoms with Gasteiger partial charge in [0.2, 0.25) is 0 Å². The Balaban J connectivity index is 1.90. The molecule has 1 aromatic carbocycles. The molecule has 0 aromatic heterocycles. The molecular formula is C16H24N4O3. The summed E-state index contributed by atoms with van der Waals surface area (Å²) in [4.78, 5) is 19.5. The smallest absolute Gasteiger partial charge is 0.259 e. The molecule has 1 aliphatic rings. The first-order valence-corrected chi connectivity index (χ1v) is 7.61. The molecule has 0 saturated carbocycles. The molecule has 1 aliphatic heterocycles. The number of nitrogens with two attached hydrogens (primary N) is 1. The van der Waals surface area contributed by atoms with E-state index in [1.165, 1.54) is 4.90 Å². The van der Waals surface area contributed by atoms with E-state index in [4.69, 9.17) is 15.2 Å². The van der Waals surface area contributed by atoms with E-state index in [0.717, 1.165) is 18.7 Å². The minimum atomic E-state index is -0.0787. The standard InChI is InChI=1S/C16H24N4O3/c1-19(2)15(21)12-23-14-5-3-4-13(10-14)11-18-16(17)20-6-8-22-9-7-20/h3-5,10H,6-9,11-12H2,1-2H3,(H2,17,18). The van der Waals surface area contributed by atoms with Crippen molar-refractivity contribution in [1.82, 2.24) is 9.80 Å². The van der Waals surface area contributed by atoms with Crippen molar-refractivity contribution in [2.24, 2.45) is 10.7 Å². The molecule has 0 spiro atoms. The van der Waals surface area contributed by atoms with Crippen molar-refractivity contribution in [2.75, 3.05) is 47.0 Å². The number of carbonyl (C=O) groups excluding carboxylic acids is 1. The Morgan fingerprint density at radius 2 is 2.13 bits per heavy atom. The summed E-state index contributed by atoms with van der Waals surface area (Å²) in [6, 6.07) is 7.53. The number of likely N-dealkylation sites (N-methyl/N-ethyl adjacent to an activating group) is 1. The lowest BCUT2D eigenvalue weighted by Crippen LogP contribution is -2.44. The Morgan fingerprint density at radius 3 is 2.83 bits per heavy atom. The number of guanidine groups is 1. The fraction of sp³-hybridized carbons (Fsp3) is 0.500. The van der Waals surface area contributed by atoms with Gasteiger partial charge in [0.1, 0.15) is 5.75 Å². The number of nitrogens with zero attached hydrogens (tertiary/aromatic N) is 3. The fourth-order valence-corrected chi connectivity index (χ4v) is 2.07. The molecule has 1 fully saturated rings. The second-order valence-electron chi connectivity index (χ2n) is 5.50. The maximum Gasteiger partial charge on any atom is 0.259 e. The van der Waals surface area contributed by atoms with Crippen LogP contribution >= 0.6 is 0 Å². The van der Waals surface area contributed by atoms with Crippen molar-refractivity contribution in [3.63, 3.8) is 0 Å². The van der Waals surface area contributed by atoms with Crippen LogP contribution in [0.4, 0.5) is 0 Å².